The Hall–Kier alpha value is -3.03. The van der Waals surface area contributed by atoms with E-state index in [-0.39, 0.29) is 30.8 Å². The standard InChI is InChI=1S/C34H47F2N3O8/c1-7-8-27-46-26-13-20-21-12-23(35)22-11-19(41)9-10-31(22,5)33(21,36)24(42)14-32(20,6)34(26,47-27)25(43)15-37-29(44)18(4)39-30(45)28(17(2)3)38-16-40/h9-11,16-18,20-21,23-24,26-28,42H,7-8,12-15H2,1-6H3,(H,37,44)(H,38,40)(H,39,45)/t18-,20-,21-,23-,24-,26+,27?,28-,31-,32-,33-,34+/m0/s1. The third-order valence-electron chi connectivity index (χ3n) is 11.7. The number of aliphatic hydroxyl groups excluding tert-OH is 1. The number of ether oxygens (including phenoxy) is 2. The molecule has 13 heteroatoms. The zero-order chi connectivity index (χ0) is 34.7. The van der Waals surface area contributed by atoms with Crippen molar-refractivity contribution >= 4 is 29.8 Å². The smallest absolute Gasteiger partial charge is 0.243 e. The van der Waals surface area contributed by atoms with Crippen molar-refractivity contribution in [1.29, 1.82) is 0 Å². The first-order chi connectivity index (χ1) is 22.0. The van der Waals surface area contributed by atoms with E-state index in [1.54, 1.807) is 20.8 Å². The van der Waals surface area contributed by atoms with E-state index in [0.29, 0.717) is 19.3 Å². The monoisotopic (exact) mass is 663 g/mol. The van der Waals surface area contributed by atoms with Gasteiger partial charge in [-0.1, -0.05) is 40.2 Å². The zero-order valence-corrected chi connectivity index (χ0v) is 27.8. The summed E-state index contributed by atoms with van der Waals surface area (Å²) in [5, 5.41) is 19.3. The molecule has 1 unspecified atom stereocenters. The van der Waals surface area contributed by atoms with Gasteiger partial charge in [0.15, 0.2) is 29.1 Å². The molecular formula is C34H47F2N3O8. The Bertz CT molecular complexity index is 1390. The number of aliphatic hydroxyl groups is 1. The van der Waals surface area contributed by atoms with E-state index < -0.39 is 101 Å². The second-order valence-electron chi connectivity index (χ2n) is 14.7. The van der Waals surface area contributed by atoms with Crippen LogP contribution in [0.1, 0.15) is 73.6 Å². The van der Waals surface area contributed by atoms with Gasteiger partial charge in [-0.15, -0.1) is 0 Å². The summed E-state index contributed by atoms with van der Waals surface area (Å²) in [6.07, 6.45) is 0.135. The fourth-order valence-electron chi connectivity index (χ4n) is 9.35. The van der Waals surface area contributed by atoms with E-state index in [1.807, 2.05) is 6.92 Å². The van der Waals surface area contributed by atoms with Crippen LogP contribution in [-0.2, 0) is 33.4 Å². The largest absolute Gasteiger partial charge is 0.390 e. The number of carbonyl (C=O) groups is 5. The fourth-order valence-corrected chi connectivity index (χ4v) is 9.35. The Labute approximate surface area is 273 Å². The molecule has 0 aromatic heterocycles. The quantitative estimate of drug-likeness (QED) is 0.245. The fraction of sp³-hybridized carbons (Fsp3) is 0.735. The van der Waals surface area contributed by atoms with Gasteiger partial charge >= 0.3 is 0 Å². The molecule has 1 heterocycles. The van der Waals surface area contributed by atoms with Crippen molar-refractivity contribution in [2.45, 2.75) is 122 Å². The lowest BCUT2D eigenvalue weighted by atomic mass is 9.44. The summed E-state index contributed by atoms with van der Waals surface area (Å²) in [6, 6.07) is -1.91. The Kier molecular flexibility index (Phi) is 9.35. The minimum Gasteiger partial charge on any atom is -0.390 e. The predicted octanol–water partition coefficient (Wildman–Crippen LogP) is 2.16. The number of ketones is 2. The van der Waals surface area contributed by atoms with Gasteiger partial charge < -0.3 is 30.5 Å². The second kappa shape index (κ2) is 12.5. The molecule has 3 saturated carbocycles. The highest BCUT2D eigenvalue weighted by molar-refractivity contribution is 6.01. The van der Waals surface area contributed by atoms with Crippen LogP contribution >= 0.6 is 0 Å². The number of amides is 3. The van der Waals surface area contributed by atoms with Crippen molar-refractivity contribution in [1.82, 2.24) is 16.0 Å². The maximum atomic E-state index is 17.6. The van der Waals surface area contributed by atoms with E-state index in [1.165, 1.54) is 26.0 Å². The Morgan fingerprint density at radius 3 is 2.49 bits per heavy atom. The van der Waals surface area contributed by atoms with Crippen LogP contribution in [-0.4, -0.2) is 89.5 Å². The van der Waals surface area contributed by atoms with Crippen LogP contribution in [0.5, 0.6) is 0 Å². The van der Waals surface area contributed by atoms with Crippen LogP contribution in [0.3, 0.4) is 0 Å². The van der Waals surface area contributed by atoms with Crippen LogP contribution in [0.25, 0.3) is 0 Å². The van der Waals surface area contributed by atoms with E-state index in [0.717, 1.165) is 6.08 Å². The van der Waals surface area contributed by atoms with Crippen LogP contribution in [0.2, 0.25) is 0 Å². The van der Waals surface area contributed by atoms with Crippen LogP contribution in [0, 0.1) is 28.6 Å². The average molecular weight is 664 g/mol. The number of carbonyl (C=O) groups excluding carboxylic acids is 5. The molecule has 260 valence electrons. The lowest BCUT2D eigenvalue weighted by Crippen LogP contribution is -2.71. The molecule has 0 aromatic rings. The highest BCUT2D eigenvalue weighted by Gasteiger charge is 2.80. The summed E-state index contributed by atoms with van der Waals surface area (Å²) in [4.78, 5) is 63.2. The van der Waals surface area contributed by atoms with E-state index in [9.17, 15) is 29.1 Å². The van der Waals surface area contributed by atoms with Crippen LogP contribution in [0.4, 0.5) is 8.78 Å². The molecule has 0 spiro atoms. The normalized spacial score (nSPS) is 41.5. The third kappa shape index (κ3) is 5.18. The number of hydrogen-bond acceptors (Lipinski definition) is 8. The Morgan fingerprint density at radius 1 is 1.15 bits per heavy atom. The van der Waals surface area contributed by atoms with Crippen molar-refractivity contribution in [2.75, 3.05) is 6.54 Å². The molecule has 4 N–H and O–H groups in total. The molecule has 4 aliphatic carbocycles. The van der Waals surface area contributed by atoms with Crippen molar-refractivity contribution in [3.05, 3.63) is 23.8 Å². The molecule has 0 radical (unpaired) electrons. The van der Waals surface area contributed by atoms with Gasteiger partial charge in [-0.3, -0.25) is 24.0 Å². The van der Waals surface area contributed by atoms with Crippen molar-refractivity contribution < 1.29 is 47.3 Å². The number of Topliss-reactive ketones (excluding diaryl/α,β-unsaturated/α-hetero) is 1. The van der Waals surface area contributed by atoms with E-state index in [2.05, 4.69) is 16.0 Å². The lowest BCUT2D eigenvalue weighted by Gasteiger charge is -2.63. The molecule has 4 fully saturated rings. The number of halogens is 2. The van der Waals surface area contributed by atoms with Crippen molar-refractivity contribution in [3.8, 4) is 0 Å². The first-order valence-corrected chi connectivity index (χ1v) is 16.6. The molecule has 12 atom stereocenters. The zero-order valence-electron chi connectivity index (χ0n) is 27.8. The van der Waals surface area contributed by atoms with Crippen molar-refractivity contribution in [3.63, 3.8) is 0 Å². The molecular weight excluding hydrogens is 616 g/mol. The first kappa shape index (κ1) is 35.3. The lowest BCUT2D eigenvalue weighted by molar-refractivity contribution is -0.234. The summed E-state index contributed by atoms with van der Waals surface area (Å²) >= 11 is 0. The minimum absolute atomic E-state index is 0.0106. The molecule has 5 rings (SSSR count). The maximum absolute atomic E-state index is 17.6. The van der Waals surface area contributed by atoms with Gasteiger partial charge in [-0.2, -0.15) is 0 Å². The van der Waals surface area contributed by atoms with Crippen molar-refractivity contribution in [2.24, 2.45) is 28.6 Å². The van der Waals surface area contributed by atoms with Crippen LogP contribution in [0.15, 0.2) is 23.8 Å². The summed E-state index contributed by atoms with van der Waals surface area (Å²) < 4.78 is 46.3. The summed E-state index contributed by atoms with van der Waals surface area (Å²) in [7, 11) is 0. The minimum atomic E-state index is -2.33. The first-order valence-electron chi connectivity index (χ1n) is 16.6. The number of alkyl halides is 2. The average Bonchev–Trinajstić information content (AvgIpc) is 3.49. The highest BCUT2D eigenvalue weighted by Crippen LogP contribution is 2.72. The van der Waals surface area contributed by atoms with Crippen LogP contribution < -0.4 is 16.0 Å². The molecule has 11 nitrogen and oxygen atoms in total. The van der Waals surface area contributed by atoms with Gasteiger partial charge in [-0.25, -0.2) is 8.78 Å². The third-order valence-corrected chi connectivity index (χ3v) is 11.7. The summed E-state index contributed by atoms with van der Waals surface area (Å²) in [5.74, 6) is -4.08. The van der Waals surface area contributed by atoms with E-state index in [4.69, 9.17) is 9.47 Å². The summed E-state index contributed by atoms with van der Waals surface area (Å²) in [6.45, 7) is 9.64. The van der Waals surface area contributed by atoms with Gasteiger partial charge in [0, 0.05) is 16.7 Å². The number of rotatable bonds is 11. The number of allylic oxidation sites excluding steroid dienone is 4. The molecule has 1 saturated heterocycles. The topological polar surface area (TPSA) is 160 Å². The Morgan fingerprint density at radius 2 is 1.85 bits per heavy atom. The van der Waals surface area contributed by atoms with Gasteiger partial charge in [0.2, 0.25) is 18.2 Å². The van der Waals surface area contributed by atoms with Gasteiger partial charge in [0.05, 0.1) is 18.8 Å². The molecule has 5 aliphatic rings. The Balaban J connectivity index is 1.42. The number of fused-ring (bicyclic) bond motifs is 7. The van der Waals surface area contributed by atoms with Gasteiger partial charge in [0.25, 0.3) is 0 Å². The van der Waals surface area contributed by atoms with Gasteiger partial charge in [-0.05, 0) is 69.1 Å². The molecule has 47 heavy (non-hydrogen) atoms. The highest BCUT2D eigenvalue weighted by atomic mass is 19.1. The molecule has 1 aliphatic heterocycles. The number of nitrogens with one attached hydrogen (secondary N) is 3. The molecule has 3 amide bonds. The van der Waals surface area contributed by atoms with Gasteiger partial charge in [0.1, 0.15) is 18.3 Å². The maximum Gasteiger partial charge on any atom is 0.243 e. The number of hydrogen-bond donors (Lipinski definition) is 4. The second-order valence-corrected chi connectivity index (χ2v) is 14.7. The SMILES string of the molecule is CCCC1O[C@@H]2C[C@H]3[C@@H]4C[C@H](F)C5=CC(=O)C=C[C@]5(C)[C@@]4(F)[C@@H](O)C[C@]3(C)[C@]2(C(=O)CNC(=O)[C@H](C)NC(=O)[C@@H](NC=O)C(C)C)O1. The van der Waals surface area contributed by atoms with E-state index >= 15 is 8.78 Å². The predicted molar refractivity (Wildman–Crippen MR) is 165 cm³/mol. The molecule has 0 aromatic carbocycles. The molecule has 0 bridgehead atoms. The summed E-state index contributed by atoms with van der Waals surface area (Å²) in [5.41, 5.74) is -6.76.